The summed E-state index contributed by atoms with van der Waals surface area (Å²) < 4.78 is 0. The molecule has 0 saturated heterocycles. The highest BCUT2D eigenvalue weighted by atomic mass is 16.5. The molecule has 0 aromatic heterocycles. The maximum atomic E-state index is 12.1. The minimum Gasteiger partial charge on any atom is -0.347 e. The molecule has 0 radical (unpaired) electrons. The van der Waals surface area contributed by atoms with E-state index in [1.54, 1.807) is 0 Å². The summed E-state index contributed by atoms with van der Waals surface area (Å²) in [6.07, 6.45) is 11.3. The summed E-state index contributed by atoms with van der Waals surface area (Å²) in [7, 11) is 0. The number of amides is 1. The van der Waals surface area contributed by atoms with E-state index in [1.165, 1.54) is 25.7 Å². The van der Waals surface area contributed by atoms with Gasteiger partial charge in [0.25, 0.3) is 5.91 Å². The lowest BCUT2D eigenvalue weighted by molar-refractivity contribution is -0.116. The Morgan fingerprint density at radius 2 is 1.53 bits per heavy atom. The lowest BCUT2D eigenvalue weighted by Crippen LogP contribution is -2.45. The average molecular weight is 267 g/mol. The Hall–Kier alpha value is -1.10. The molecule has 0 aromatic carbocycles. The predicted molar refractivity (Wildman–Crippen MR) is 74.2 cm³/mol. The molecule has 0 aromatic rings. The molecular weight excluding hydrogens is 242 g/mol. The minimum atomic E-state index is -0.264. The zero-order valence-electron chi connectivity index (χ0n) is 11.5. The van der Waals surface area contributed by atoms with E-state index in [0.717, 1.165) is 38.5 Å². The van der Waals surface area contributed by atoms with Crippen molar-refractivity contribution in [2.75, 3.05) is 0 Å². The van der Waals surface area contributed by atoms with Crippen LogP contribution in [0, 0.1) is 0 Å². The highest BCUT2D eigenvalue weighted by Gasteiger charge is 2.20. The fourth-order valence-electron chi connectivity index (χ4n) is 3.03. The van der Waals surface area contributed by atoms with E-state index in [0.29, 0.717) is 0 Å². The predicted octanol–water partition coefficient (Wildman–Crippen LogP) is 2.15. The van der Waals surface area contributed by atoms with Gasteiger partial charge in [-0.3, -0.25) is 15.0 Å². The van der Waals surface area contributed by atoms with Crippen LogP contribution in [0.4, 0.5) is 0 Å². The SMILES string of the molecule is O=C(NC1CCCCC1)C(=NC1CCCCC1)NO. The minimum absolute atomic E-state index is 0.0810. The third-order valence-electron chi connectivity index (χ3n) is 4.15. The van der Waals surface area contributed by atoms with E-state index in [9.17, 15) is 4.79 Å². The van der Waals surface area contributed by atoms with Gasteiger partial charge in [0, 0.05) is 6.04 Å². The van der Waals surface area contributed by atoms with Gasteiger partial charge >= 0.3 is 0 Å². The van der Waals surface area contributed by atoms with Gasteiger partial charge in [0.15, 0.2) is 0 Å². The number of aliphatic imine (C=N–C) groups is 1. The monoisotopic (exact) mass is 267 g/mol. The Bertz CT molecular complexity index is 319. The van der Waals surface area contributed by atoms with Crippen LogP contribution >= 0.6 is 0 Å². The molecule has 5 nitrogen and oxygen atoms in total. The first kappa shape index (κ1) is 14.3. The van der Waals surface area contributed by atoms with Crippen LogP contribution in [-0.2, 0) is 4.79 Å². The first-order valence-electron chi connectivity index (χ1n) is 7.58. The zero-order chi connectivity index (χ0) is 13.5. The van der Waals surface area contributed by atoms with Gasteiger partial charge in [-0.05, 0) is 25.7 Å². The number of amidine groups is 1. The van der Waals surface area contributed by atoms with Crippen molar-refractivity contribution >= 4 is 11.7 Å². The largest absolute Gasteiger partial charge is 0.347 e. The van der Waals surface area contributed by atoms with Gasteiger partial charge < -0.3 is 5.32 Å². The second kappa shape index (κ2) is 7.48. The smallest absolute Gasteiger partial charge is 0.288 e. The van der Waals surface area contributed by atoms with Crippen molar-refractivity contribution in [3.8, 4) is 0 Å². The van der Waals surface area contributed by atoms with Crippen molar-refractivity contribution in [3.63, 3.8) is 0 Å². The molecular formula is C14H25N3O2. The van der Waals surface area contributed by atoms with Crippen LogP contribution in [0.1, 0.15) is 64.2 Å². The summed E-state index contributed by atoms with van der Waals surface area (Å²) in [5, 5.41) is 12.1. The van der Waals surface area contributed by atoms with E-state index >= 15 is 0 Å². The van der Waals surface area contributed by atoms with E-state index in [4.69, 9.17) is 5.21 Å². The first-order valence-corrected chi connectivity index (χ1v) is 7.58. The van der Waals surface area contributed by atoms with Crippen LogP contribution in [-0.4, -0.2) is 29.0 Å². The third kappa shape index (κ3) is 4.49. The van der Waals surface area contributed by atoms with Gasteiger partial charge in [-0.25, -0.2) is 5.48 Å². The Morgan fingerprint density at radius 1 is 0.947 bits per heavy atom. The zero-order valence-corrected chi connectivity index (χ0v) is 11.5. The number of hydrogen-bond acceptors (Lipinski definition) is 3. The van der Waals surface area contributed by atoms with Gasteiger partial charge in [0.05, 0.1) is 6.04 Å². The van der Waals surface area contributed by atoms with E-state index in [-0.39, 0.29) is 23.8 Å². The molecule has 2 fully saturated rings. The molecule has 3 N–H and O–H groups in total. The number of rotatable bonds is 2. The summed E-state index contributed by atoms with van der Waals surface area (Å²) >= 11 is 0. The second-order valence-corrected chi connectivity index (χ2v) is 5.69. The van der Waals surface area contributed by atoms with E-state index in [2.05, 4.69) is 10.3 Å². The van der Waals surface area contributed by atoms with Crippen LogP contribution in [0.25, 0.3) is 0 Å². The lowest BCUT2D eigenvalue weighted by Gasteiger charge is -2.23. The highest BCUT2D eigenvalue weighted by molar-refractivity contribution is 6.37. The quantitative estimate of drug-likeness (QED) is 0.408. The Balaban J connectivity index is 1.87. The Morgan fingerprint density at radius 3 is 2.11 bits per heavy atom. The van der Waals surface area contributed by atoms with E-state index in [1.807, 2.05) is 5.48 Å². The maximum absolute atomic E-state index is 12.1. The molecule has 108 valence electrons. The molecule has 2 saturated carbocycles. The van der Waals surface area contributed by atoms with Crippen molar-refractivity contribution in [1.82, 2.24) is 10.8 Å². The molecule has 0 spiro atoms. The van der Waals surface area contributed by atoms with Crippen LogP contribution in [0.5, 0.6) is 0 Å². The van der Waals surface area contributed by atoms with Crippen molar-refractivity contribution in [2.24, 2.45) is 4.99 Å². The van der Waals surface area contributed by atoms with Gasteiger partial charge in [0.1, 0.15) is 0 Å². The number of nitrogens with zero attached hydrogens (tertiary/aromatic N) is 1. The van der Waals surface area contributed by atoms with Crippen molar-refractivity contribution in [1.29, 1.82) is 0 Å². The molecule has 5 heteroatoms. The topological polar surface area (TPSA) is 73.7 Å². The van der Waals surface area contributed by atoms with Gasteiger partial charge in [0.2, 0.25) is 5.84 Å². The van der Waals surface area contributed by atoms with Crippen LogP contribution in [0.15, 0.2) is 4.99 Å². The number of hydroxylamine groups is 1. The number of carbonyl (C=O) groups excluding carboxylic acids is 1. The summed E-state index contributed by atoms with van der Waals surface area (Å²) in [6, 6.07) is 0.423. The number of hydrogen-bond donors (Lipinski definition) is 3. The molecule has 19 heavy (non-hydrogen) atoms. The fourth-order valence-corrected chi connectivity index (χ4v) is 3.03. The molecule has 0 atom stereocenters. The lowest BCUT2D eigenvalue weighted by atomic mass is 9.95. The molecule has 0 aliphatic heterocycles. The maximum Gasteiger partial charge on any atom is 0.288 e. The molecule has 0 unspecified atom stereocenters. The second-order valence-electron chi connectivity index (χ2n) is 5.69. The summed E-state index contributed by atoms with van der Waals surface area (Å²) in [5.74, 6) is -0.183. The average Bonchev–Trinajstić information content (AvgIpc) is 2.47. The number of nitrogens with one attached hydrogen (secondary N) is 2. The van der Waals surface area contributed by atoms with Crippen molar-refractivity contribution in [2.45, 2.75) is 76.3 Å². The van der Waals surface area contributed by atoms with Gasteiger partial charge in [-0.15, -0.1) is 0 Å². The fraction of sp³-hybridized carbons (Fsp3) is 0.857. The van der Waals surface area contributed by atoms with Gasteiger partial charge in [-0.2, -0.15) is 0 Å². The van der Waals surface area contributed by atoms with Crippen molar-refractivity contribution < 1.29 is 10.0 Å². The Kier molecular flexibility index (Phi) is 5.63. The van der Waals surface area contributed by atoms with E-state index < -0.39 is 0 Å². The summed E-state index contributed by atoms with van der Waals surface area (Å²) in [6.45, 7) is 0. The van der Waals surface area contributed by atoms with Crippen LogP contribution in [0.3, 0.4) is 0 Å². The van der Waals surface area contributed by atoms with Crippen LogP contribution in [0.2, 0.25) is 0 Å². The number of carbonyl (C=O) groups is 1. The van der Waals surface area contributed by atoms with Crippen LogP contribution < -0.4 is 10.8 Å². The highest BCUT2D eigenvalue weighted by Crippen LogP contribution is 2.20. The van der Waals surface area contributed by atoms with Crippen molar-refractivity contribution in [3.05, 3.63) is 0 Å². The molecule has 0 heterocycles. The normalized spacial score (nSPS) is 23.1. The molecule has 1 amide bonds. The molecule has 2 aliphatic rings. The first-order chi connectivity index (χ1) is 9.29. The third-order valence-corrected chi connectivity index (χ3v) is 4.15. The standard InChI is InChI=1S/C14H25N3O2/c18-14(16-12-9-5-2-6-10-12)13(17-19)15-11-7-3-1-4-8-11/h11-12,19H,1-10H2,(H,15,17)(H,16,18). The summed E-state index contributed by atoms with van der Waals surface area (Å²) in [4.78, 5) is 16.4. The van der Waals surface area contributed by atoms with Gasteiger partial charge in [-0.1, -0.05) is 38.5 Å². The molecule has 2 rings (SSSR count). The summed E-state index contributed by atoms with van der Waals surface area (Å²) in [5.41, 5.74) is 1.98. The Labute approximate surface area is 114 Å². The molecule has 2 aliphatic carbocycles. The molecule has 0 bridgehead atoms.